The maximum absolute atomic E-state index is 13.9. The van der Waals surface area contributed by atoms with Crippen LogP contribution in [0.15, 0.2) is 87.5 Å². The fourth-order valence-electron chi connectivity index (χ4n) is 3.54. The third kappa shape index (κ3) is 8.33. The quantitative estimate of drug-likeness (QED) is 0.210. The molecule has 0 aliphatic rings. The molecule has 6 nitrogen and oxygen atoms in total. The fraction of sp³-hybridized carbons (Fsp3) is 0.379. The fourth-order valence-corrected chi connectivity index (χ4v) is 6.05. The second-order valence-electron chi connectivity index (χ2n) is 10.9. The van der Waals surface area contributed by atoms with Crippen molar-refractivity contribution in [1.29, 1.82) is 0 Å². The molecule has 1 atom stereocenters. The minimum absolute atomic E-state index is 0.0426. The van der Waals surface area contributed by atoms with Gasteiger partial charge in [-0.3, -0.25) is 4.55 Å². The van der Waals surface area contributed by atoms with Gasteiger partial charge in [-0.25, -0.2) is 0 Å². The zero-order valence-electron chi connectivity index (χ0n) is 23.1. The first-order valence-corrected chi connectivity index (χ1v) is 15.0. The van der Waals surface area contributed by atoms with Crippen molar-refractivity contribution >= 4 is 21.0 Å². The van der Waals surface area contributed by atoms with E-state index >= 15 is 0 Å². The van der Waals surface area contributed by atoms with E-state index in [4.69, 9.17) is 18.8 Å². The number of halogens is 2. The molecule has 10 heteroatoms. The molecule has 3 aromatic carbocycles. The van der Waals surface area contributed by atoms with Crippen molar-refractivity contribution < 1.29 is 36.0 Å². The van der Waals surface area contributed by atoms with Gasteiger partial charge in [-0.1, -0.05) is 0 Å². The summed E-state index contributed by atoms with van der Waals surface area (Å²) in [5.74, 6) is 1.52. The van der Waals surface area contributed by atoms with Gasteiger partial charge in [-0.2, -0.15) is 17.2 Å². The standard InChI is InChI=1S/C29H34F2O6S2/c1-20(29(30,31)39(32,33)34)35-21-8-14-24(15-9-21)38(25-16-10-22(11-17-25)36-27(2,3)4)26-18-12-23(13-19-26)37-28(5,6)7/h8-20H,1-7H3/p+1. The topological polar surface area (TPSA) is 82.1 Å². The van der Waals surface area contributed by atoms with E-state index in [1.54, 1.807) is 12.1 Å². The number of benzene rings is 3. The maximum Gasteiger partial charge on any atom is 0.405 e. The summed E-state index contributed by atoms with van der Waals surface area (Å²) in [6.07, 6.45) is -2.10. The molecule has 212 valence electrons. The Hall–Kier alpha value is -2.82. The summed E-state index contributed by atoms with van der Waals surface area (Å²) in [7, 11) is -6.20. The lowest BCUT2D eigenvalue weighted by Crippen LogP contribution is -2.42. The van der Waals surface area contributed by atoms with Crippen LogP contribution < -0.4 is 14.2 Å². The lowest BCUT2D eigenvalue weighted by atomic mass is 10.2. The van der Waals surface area contributed by atoms with Gasteiger partial charge in [-0.05, 0) is 121 Å². The van der Waals surface area contributed by atoms with Crippen LogP contribution in [0, 0.1) is 0 Å². The molecule has 0 bridgehead atoms. The van der Waals surface area contributed by atoms with Gasteiger partial charge in [0, 0.05) is 0 Å². The SMILES string of the molecule is CC(Oc1ccc([S+](c2ccc(OC(C)(C)C)cc2)c2ccc(OC(C)(C)C)cc2)cc1)C(F)(F)S(=O)(=O)O. The van der Waals surface area contributed by atoms with E-state index in [-0.39, 0.29) is 17.0 Å². The average Bonchev–Trinajstić information content (AvgIpc) is 2.80. The van der Waals surface area contributed by atoms with Crippen LogP contribution in [0.25, 0.3) is 0 Å². The van der Waals surface area contributed by atoms with Crippen LogP contribution in [-0.2, 0) is 21.0 Å². The number of alkyl halides is 2. The summed E-state index contributed by atoms with van der Waals surface area (Å²) in [5, 5.41) is -4.45. The van der Waals surface area contributed by atoms with E-state index < -0.39 is 32.4 Å². The van der Waals surface area contributed by atoms with E-state index in [0.717, 1.165) is 33.1 Å². The maximum atomic E-state index is 13.9. The third-order valence-electron chi connectivity index (χ3n) is 5.16. The Morgan fingerprint density at radius 3 is 1.26 bits per heavy atom. The van der Waals surface area contributed by atoms with Gasteiger partial charge in [0.15, 0.2) is 20.8 Å². The van der Waals surface area contributed by atoms with E-state index in [1.807, 2.05) is 90.1 Å². The van der Waals surface area contributed by atoms with Crippen molar-refractivity contribution in [3.05, 3.63) is 72.8 Å². The third-order valence-corrected chi connectivity index (χ3v) is 8.41. The minimum atomic E-state index is -5.62. The number of ether oxygens (including phenoxy) is 3. The first-order valence-electron chi connectivity index (χ1n) is 12.3. The number of hydrogen-bond acceptors (Lipinski definition) is 5. The molecule has 3 aromatic rings. The first-order chi connectivity index (χ1) is 17.9. The van der Waals surface area contributed by atoms with Gasteiger partial charge in [-0.15, -0.1) is 0 Å². The van der Waals surface area contributed by atoms with Crippen LogP contribution in [0.5, 0.6) is 17.2 Å². The molecule has 0 heterocycles. The van der Waals surface area contributed by atoms with Crippen molar-refractivity contribution in [3.63, 3.8) is 0 Å². The molecular formula is C29H35F2O6S2+. The zero-order chi connectivity index (χ0) is 29.2. The van der Waals surface area contributed by atoms with E-state index in [2.05, 4.69) is 0 Å². The molecule has 3 rings (SSSR count). The highest BCUT2D eigenvalue weighted by atomic mass is 32.2. The molecule has 0 spiro atoms. The molecule has 0 saturated carbocycles. The predicted molar refractivity (Wildman–Crippen MR) is 149 cm³/mol. The van der Waals surface area contributed by atoms with Gasteiger partial charge >= 0.3 is 15.4 Å². The summed E-state index contributed by atoms with van der Waals surface area (Å²) in [6, 6.07) is 22.1. The summed E-state index contributed by atoms with van der Waals surface area (Å²) in [6.45, 7) is 12.7. The first kappa shape index (κ1) is 30.7. The molecule has 0 aromatic heterocycles. The predicted octanol–water partition coefficient (Wildman–Crippen LogP) is 7.38. The largest absolute Gasteiger partial charge is 0.488 e. The summed E-state index contributed by atoms with van der Waals surface area (Å²) in [5.41, 5.74) is -0.684. The molecule has 1 N–H and O–H groups in total. The number of hydrogen-bond donors (Lipinski definition) is 1. The molecule has 39 heavy (non-hydrogen) atoms. The minimum Gasteiger partial charge on any atom is -0.488 e. The van der Waals surface area contributed by atoms with Gasteiger partial charge < -0.3 is 14.2 Å². The van der Waals surface area contributed by atoms with Crippen LogP contribution >= 0.6 is 0 Å². The lowest BCUT2D eigenvalue weighted by Gasteiger charge is -2.22. The molecule has 0 amide bonds. The monoisotopic (exact) mass is 581 g/mol. The van der Waals surface area contributed by atoms with Crippen molar-refractivity contribution in [2.75, 3.05) is 0 Å². The molecule has 0 saturated heterocycles. The molecule has 0 aliphatic heterocycles. The van der Waals surface area contributed by atoms with E-state index in [9.17, 15) is 17.2 Å². The summed E-state index contributed by atoms with van der Waals surface area (Å²) < 4.78 is 75.9. The van der Waals surface area contributed by atoms with Gasteiger partial charge in [0.25, 0.3) is 0 Å². The van der Waals surface area contributed by atoms with Crippen LogP contribution in [0.2, 0.25) is 0 Å². The van der Waals surface area contributed by atoms with Crippen molar-refractivity contribution in [2.45, 2.75) is 85.7 Å². The Kier molecular flexibility index (Phi) is 8.94. The van der Waals surface area contributed by atoms with E-state index in [0.29, 0.717) is 0 Å². The summed E-state index contributed by atoms with van der Waals surface area (Å²) >= 11 is 0. The van der Waals surface area contributed by atoms with Crippen molar-refractivity contribution in [1.82, 2.24) is 0 Å². The lowest BCUT2D eigenvalue weighted by molar-refractivity contribution is -0.0236. The van der Waals surface area contributed by atoms with Crippen LogP contribution in [-0.4, -0.2) is 35.5 Å². The molecular weight excluding hydrogens is 546 g/mol. The van der Waals surface area contributed by atoms with Crippen LogP contribution in [0.1, 0.15) is 48.5 Å². The van der Waals surface area contributed by atoms with Crippen molar-refractivity contribution in [2.24, 2.45) is 0 Å². The van der Waals surface area contributed by atoms with Crippen molar-refractivity contribution in [3.8, 4) is 17.2 Å². The van der Waals surface area contributed by atoms with Gasteiger partial charge in [0.2, 0.25) is 0 Å². The van der Waals surface area contributed by atoms with Crippen LogP contribution in [0.3, 0.4) is 0 Å². The zero-order valence-corrected chi connectivity index (χ0v) is 24.7. The molecule has 0 fully saturated rings. The molecule has 1 unspecified atom stereocenters. The normalized spacial score (nSPS) is 13.7. The smallest absolute Gasteiger partial charge is 0.405 e. The Labute approximate surface area is 232 Å². The second-order valence-corrected chi connectivity index (χ2v) is 14.5. The molecule has 0 radical (unpaired) electrons. The Bertz CT molecular complexity index is 1280. The summed E-state index contributed by atoms with van der Waals surface area (Å²) in [4.78, 5) is 2.88. The van der Waals surface area contributed by atoms with Crippen LogP contribution in [0.4, 0.5) is 8.78 Å². The Balaban J connectivity index is 1.95. The highest BCUT2D eigenvalue weighted by Gasteiger charge is 2.51. The highest BCUT2D eigenvalue weighted by molar-refractivity contribution is 7.97. The Morgan fingerprint density at radius 2 is 0.974 bits per heavy atom. The van der Waals surface area contributed by atoms with E-state index in [1.165, 1.54) is 12.1 Å². The second kappa shape index (κ2) is 11.3. The number of rotatable bonds is 9. The Morgan fingerprint density at radius 1 is 0.667 bits per heavy atom. The average molecular weight is 582 g/mol. The highest BCUT2D eigenvalue weighted by Crippen LogP contribution is 2.35. The molecule has 0 aliphatic carbocycles. The van der Waals surface area contributed by atoms with Gasteiger partial charge in [0.1, 0.15) is 28.5 Å². The van der Waals surface area contributed by atoms with Gasteiger partial charge in [0.05, 0.1) is 10.9 Å².